The molecule has 0 amide bonds. The molecule has 0 bridgehead atoms. The molecule has 0 spiro atoms. The Labute approximate surface area is 117 Å². The molecule has 0 aliphatic heterocycles. The highest BCUT2D eigenvalue weighted by atomic mass is 16.3. The summed E-state index contributed by atoms with van der Waals surface area (Å²) in [5, 5.41) is 7.98. The van der Waals surface area contributed by atoms with E-state index in [4.69, 9.17) is 4.42 Å². The first-order chi connectivity index (χ1) is 9.56. The van der Waals surface area contributed by atoms with Crippen LogP contribution in [-0.2, 0) is 0 Å². The minimum Gasteiger partial charge on any atom is -0.467 e. The van der Waals surface area contributed by atoms with E-state index in [2.05, 4.69) is 22.3 Å². The van der Waals surface area contributed by atoms with Gasteiger partial charge in [-0.1, -0.05) is 0 Å². The number of rotatable bonds is 3. The minimum atomic E-state index is 0.0693. The molecule has 0 fully saturated rings. The fourth-order valence-electron chi connectivity index (χ4n) is 2.28. The third-order valence-corrected chi connectivity index (χ3v) is 3.52. The number of furan rings is 1. The van der Waals surface area contributed by atoms with Crippen molar-refractivity contribution in [3.05, 3.63) is 47.2 Å². The Bertz CT molecular complexity index is 743. The Kier molecular flexibility index (Phi) is 2.97. The van der Waals surface area contributed by atoms with E-state index in [0.717, 1.165) is 34.2 Å². The highest BCUT2D eigenvalue weighted by molar-refractivity contribution is 5.56. The summed E-state index contributed by atoms with van der Waals surface area (Å²) < 4.78 is 7.29. The number of fused-ring (bicyclic) bond motifs is 1. The van der Waals surface area contributed by atoms with Crippen LogP contribution in [0.2, 0.25) is 0 Å². The Morgan fingerprint density at radius 1 is 1.30 bits per heavy atom. The van der Waals surface area contributed by atoms with Crippen LogP contribution >= 0.6 is 0 Å². The lowest BCUT2D eigenvalue weighted by Crippen LogP contribution is -2.10. The van der Waals surface area contributed by atoms with E-state index in [0.29, 0.717) is 0 Å². The third kappa shape index (κ3) is 2.05. The monoisotopic (exact) mass is 270 g/mol. The molecule has 104 valence electrons. The molecule has 5 nitrogen and oxygen atoms in total. The van der Waals surface area contributed by atoms with Crippen LogP contribution in [0.15, 0.2) is 28.9 Å². The van der Waals surface area contributed by atoms with E-state index in [1.54, 1.807) is 6.26 Å². The predicted molar refractivity (Wildman–Crippen MR) is 77.9 cm³/mol. The smallest absolute Gasteiger partial charge is 0.160 e. The summed E-state index contributed by atoms with van der Waals surface area (Å²) in [4.78, 5) is 4.56. The molecule has 0 aliphatic rings. The van der Waals surface area contributed by atoms with Crippen molar-refractivity contribution in [2.45, 2.75) is 33.7 Å². The van der Waals surface area contributed by atoms with Gasteiger partial charge in [-0.05, 0) is 39.8 Å². The van der Waals surface area contributed by atoms with Crippen LogP contribution in [0.4, 0.5) is 5.82 Å². The molecular weight excluding hydrogens is 252 g/mol. The average molecular weight is 270 g/mol. The largest absolute Gasteiger partial charge is 0.467 e. The second-order valence-corrected chi connectivity index (χ2v) is 5.11. The highest BCUT2D eigenvalue weighted by Gasteiger charge is 2.14. The normalized spacial score (nSPS) is 12.8. The van der Waals surface area contributed by atoms with Crippen molar-refractivity contribution in [2.75, 3.05) is 5.32 Å². The summed E-state index contributed by atoms with van der Waals surface area (Å²) in [6.45, 7) is 8.09. The maximum atomic E-state index is 5.43. The van der Waals surface area contributed by atoms with Gasteiger partial charge in [-0.2, -0.15) is 9.61 Å². The molecule has 0 aromatic carbocycles. The molecule has 1 atom stereocenters. The molecule has 1 unspecified atom stereocenters. The molecule has 3 aromatic rings. The van der Waals surface area contributed by atoms with Gasteiger partial charge < -0.3 is 9.73 Å². The van der Waals surface area contributed by atoms with Gasteiger partial charge in [0.15, 0.2) is 5.65 Å². The molecular formula is C15H18N4O. The lowest BCUT2D eigenvalue weighted by Gasteiger charge is -2.14. The number of anilines is 1. The van der Waals surface area contributed by atoms with Crippen LogP contribution in [0, 0.1) is 20.8 Å². The van der Waals surface area contributed by atoms with Gasteiger partial charge >= 0.3 is 0 Å². The van der Waals surface area contributed by atoms with E-state index in [-0.39, 0.29) is 6.04 Å². The molecule has 0 saturated carbocycles. The van der Waals surface area contributed by atoms with Crippen LogP contribution in [0.3, 0.4) is 0 Å². The second kappa shape index (κ2) is 4.67. The quantitative estimate of drug-likeness (QED) is 0.792. The first-order valence-electron chi connectivity index (χ1n) is 6.70. The first-order valence-corrected chi connectivity index (χ1v) is 6.70. The Morgan fingerprint density at radius 3 is 2.80 bits per heavy atom. The number of hydrogen-bond acceptors (Lipinski definition) is 4. The van der Waals surface area contributed by atoms with Crippen molar-refractivity contribution in [1.82, 2.24) is 14.6 Å². The Morgan fingerprint density at radius 2 is 2.10 bits per heavy atom. The molecule has 0 aliphatic carbocycles. The van der Waals surface area contributed by atoms with Gasteiger partial charge in [0, 0.05) is 17.3 Å². The summed E-state index contributed by atoms with van der Waals surface area (Å²) in [6, 6.07) is 5.92. The number of hydrogen-bond donors (Lipinski definition) is 1. The molecule has 20 heavy (non-hydrogen) atoms. The average Bonchev–Trinajstić information content (AvgIpc) is 3.02. The topological polar surface area (TPSA) is 55.4 Å². The van der Waals surface area contributed by atoms with Gasteiger partial charge in [0.25, 0.3) is 0 Å². The van der Waals surface area contributed by atoms with Crippen LogP contribution in [-0.4, -0.2) is 14.6 Å². The van der Waals surface area contributed by atoms with Crippen molar-refractivity contribution in [3.63, 3.8) is 0 Å². The van der Waals surface area contributed by atoms with Crippen molar-refractivity contribution < 1.29 is 4.42 Å². The van der Waals surface area contributed by atoms with E-state index in [1.165, 1.54) is 0 Å². The maximum absolute atomic E-state index is 5.43. The van der Waals surface area contributed by atoms with E-state index < -0.39 is 0 Å². The zero-order valence-electron chi connectivity index (χ0n) is 12.1. The first kappa shape index (κ1) is 12.7. The van der Waals surface area contributed by atoms with Crippen LogP contribution < -0.4 is 5.32 Å². The highest BCUT2D eigenvalue weighted by Crippen LogP contribution is 2.22. The summed E-state index contributed by atoms with van der Waals surface area (Å²) in [5.41, 5.74) is 3.98. The summed E-state index contributed by atoms with van der Waals surface area (Å²) in [7, 11) is 0. The van der Waals surface area contributed by atoms with E-state index in [1.807, 2.05) is 43.5 Å². The van der Waals surface area contributed by atoms with Crippen molar-refractivity contribution in [1.29, 1.82) is 0 Å². The van der Waals surface area contributed by atoms with Crippen molar-refractivity contribution in [2.24, 2.45) is 0 Å². The number of aromatic nitrogens is 3. The fraction of sp³-hybridized carbons (Fsp3) is 0.333. The van der Waals surface area contributed by atoms with Crippen LogP contribution in [0.5, 0.6) is 0 Å². The van der Waals surface area contributed by atoms with Gasteiger partial charge in [0.1, 0.15) is 11.6 Å². The number of nitrogens with zero attached hydrogens (tertiary/aromatic N) is 3. The Hall–Kier alpha value is -2.30. The molecule has 5 heteroatoms. The number of nitrogens with one attached hydrogen (secondary N) is 1. The maximum Gasteiger partial charge on any atom is 0.160 e. The summed E-state index contributed by atoms with van der Waals surface area (Å²) in [6.07, 6.45) is 1.68. The van der Waals surface area contributed by atoms with Crippen LogP contribution in [0.25, 0.3) is 5.65 Å². The molecule has 3 heterocycles. The van der Waals surface area contributed by atoms with E-state index >= 15 is 0 Å². The second-order valence-electron chi connectivity index (χ2n) is 5.11. The molecule has 3 rings (SSSR count). The lowest BCUT2D eigenvalue weighted by atomic mass is 10.2. The molecule has 0 radical (unpaired) electrons. The van der Waals surface area contributed by atoms with Gasteiger partial charge in [-0.3, -0.25) is 0 Å². The molecule has 0 saturated heterocycles. The van der Waals surface area contributed by atoms with Crippen LogP contribution in [0.1, 0.15) is 35.7 Å². The molecule has 1 N–H and O–H groups in total. The van der Waals surface area contributed by atoms with Gasteiger partial charge in [0.05, 0.1) is 18.0 Å². The fourth-order valence-corrected chi connectivity index (χ4v) is 2.28. The zero-order chi connectivity index (χ0) is 14.3. The summed E-state index contributed by atoms with van der Waals surface area (Å²) in [5.74, 6) is 1.82. The molecule has 3 aromatic heterocycles. The lowest BCUT2D eigenvalue weighted by molar-refractivity contribution is 0.489. The van der Waals surface area contributed by atoms with E-state index in [9.17, 15) is 0 Å². The third-order valence-electron chi connectivity index (χ3n) is 3.52. The van der Waals surface area contributed by atoms with Crippen molar-refractivity contribution >= 4 is 11.5 Å². The number of aryl methyl sites for hydroxylation is 3. The standard InChI is InChI=1S/C15H18N4O/c1-9-8-14(17-12(4)13-6-5-7-20-13)19-15(16-9)10(2)11(3)18-19/h5-8,12,17H,1-4H3. The zero-order valence-corrected chi connectivity index (χ0v) is 12.1. The minimum absolute atomic E-state index is 0.0693. The SMILES string of the molecule is Cc1cc(NC(C)c2ccco2)n2nc(C)c(C)c2n1. The Balaban J connectivity index is 2.05. The summed E-state index contributed by atoms with van der Waals surface area (Å²) >= 11 is 0. The van der Waals surface area contributed by atoms with Crippen molar-refractivity contribution in [3.8, 4) is 0 Å². The van der Waals surface area contributed by atoms with Gasteiger partial charge in [0.2, 0.25) is 0 Å². The predicted octanol–water partition coefficient (Wildman–Crippen LogP) is 3.42. The van der Waals surface area contributed by atoms with Gasteiger partial charge in [-0.15, -0.1) is 0 Å². The van der Waals surface area contributed by atoms with Gasteiger partial charge in [-0.25, -0.2) is 4.98 Å².